The predicted molar refractivity (Wildman–Crippen MR) is 119 cm³/mol. The van der Waals surface area contributed by atoms with Gasteiger partial charge in [0.2, 0.25) is 0 Å². The van der Waals surface area contributed by atoms with Gasteiger partial charge in [0.25, 0.3) is 5.91 Å². The number of amides is 3. The number of benzene rings is 2. The highest BCUT2D eigenvalue weighted by molar-refractivity contribution is 6.03. The summed E-state index contributed by atoms with van der Waals surface area (Å²) in [4.78, 5) is 27.4. The van der Waals surface area contributed by atoms with Gasteiger partial charge in [-0.3, -0.25) is 9.69 Å². The first-order chi connectivity index (χ1) is 14.5. The molecule has 0 radical (unpaired) electrons. The van der Waals surface area contributed by atoms with E-state index in [1.807, 2.05) is 79.3 Å². The standard InChI is InChI=1S/C24H26N4O2/c1-17(2)25-24(30)26-20-12-11-19-10-9-18-7-3-4-8-21(18)28(22(19)15-20)23(29)16-27-13-5-6-14-27/h3-8,11-15,17H,9-10,16H2,1-2H3,(H2,25,26,30). The molecule has 2 heterocycles. The number of carbonyl (C=O) groups excluding carboxylic acids is 2. The number of rotatable bonds is 4. The topological polar surface area (TPSA) is 66.4 Å². The van der Waals surface area contributed by atoms with E-state index in [1.165, 1.54) is 0 Å². The maximum atomic E-state index is 13.4. The van der Waals surface area contributed by atoms with Crippen LogP contribution in [0.3, 0.4) is 0 Å². The molecule has 6 heteroatoms. The van der Waals surface area contributed by atoms with Crippen LogP contribution in [0.5, 0.6) is 0 Å². The number of aromatic nitrogens is 1. The molecule has 0 saturated carbocycles. The Kier molecular flexibility index (Phi) is 5.57. The smallest absolute Gasteiger partial charge is 0.319 e. The van der Waals surface area contributed by atoms with Gasteiger partial charge in [-0.25, -0.2) is 4.79 Å². The molecule has 154 valence electrons. The van der Waals surface area contributed by atoms with Crippen molar-refractivity contribution in [2.45, 2.75) is 39.3 Å². The normalized spacial score (nSPS) is 12.7. The van der Waals surface area contributed by atoms with Gasteiger partial charge in [-0.05, 0) is 68.1 Å². The van der Waals surface area contributed by atoms with E-state index in [0.29, 0.717) is 5.69 Å². The van der Waals surface area contributed by atoms with E-state index in [4.69, 9.17) is 0 Å². The minimum Gasteiger partial charge on any atom is -0.345 e. The summed E-state index contributed by atoms with van der Waals surface area (Å²) in [6.07, 6.45) is 5.46. The average molecular weight is 402 g/mol. The molecule has 0 saturated heterocycles. The molecule has 0 bridgehead atoms. The average Bonchev–Trinajstić information content (AvgIpc) is 3.14. The van der Waals surface area contributed by atoms with Crippen molar-refractivity contribution in [2.24, 2.45) is 0 Å². The number of fused-ring (bicyclic) bond motifs is 2. The summed E-state index contributed by atoms with van der Waals surface area (Å²) in [5.74, 6) is -0.0226. The van der Waals surface area contributed by atoms with Crippen molar-refractivity contribution >= 4 is 29.0 Å². The summed E-state index contributed by atoms with van der Waals surface area (Å²) >= 11 is 0. The highest BCUT2D eigenvalue weighted by Gasteiger charge is 2.26. The number of carbonyl (C=O) groups is 2. The third-order valence-corrected chi connectivity index (χ3v) is 5.13. The van der Waals surface area contributed by atoms with E-state index in [1.54, 1.807) is 4.90 Å². The predicted octanol–water partition coefficient (Wildman–Crippen LogP) is 4.48. The summed E-state index contributed by atoms with van der Waals surface area (Å²) in [6.45, 7) is 4.07. The fraction of sp³-hybridized carbons (Fsp3) is 0.250. The van der Waals surface area contributed by atoms with E-state index in [-0.39, 0.29) is 24.5 Å². The van der Waals surface area contributed by atoms with Crippen LogP contribution >= 0.6 is 0 Å². The van der Waals surface area contributed by atoms with Gasteiger partial charge in [0, 0.05) is 24.1 Å². The zero-order chi connectivity index (χ0) is 21.1. The number of aryl methyl sites for hydroxylation is 2. The van der Waals surface area contributed by atoms with Crippen LogP contribution in [-0.4, -0.2) is 22.5 Å². The second-order valence-corrected chi connectivity index (χ2v) is 7.81. The number of para-hydroxylation sites is 1. The van der Waals surface area contributed by atoms with E-state index in [0.717, 1.165) is 35.3 Å². The second kappa shape index (κ2) is 8.45. The van der Waals surface area contributed by atoms with E-state index in [9.17, 15) is 9.59 Å². The first kappa shape index (κ1) is 19.8. The van der Waals surface area contributed by atoms with E-state index in [2.05, 4.69) is 16.7 Å². The molecule has 0 atom stereocenters. The van der Waals surface area contributed by atoms with Crippen molar-refractivity contribution in [1.82, 2.24) is 9.88 Å². The zero-order valence-corrected chi connectivity index (χ0v) is 17.3. The summed E-state index contributed by atoms with van der Waals surface area (Å²) in [6, 6.07) is 17.4. The number of anilines is 3. The Balaban J connectivity index is 1.73. The number of nitrogens with one attached hydrogen (secondary N) is 2. The quantitative estimate of drug-likeness (QED) is 0.676. The molecule has 0 unspecified atom stereocenters. The van der Waals surface area contributed by atoms with Crippen LogP contribution < -0.4 is 15.5 Å². The molecule has 4 rings (SSSR count). The molecule has 2 aromatic carbocycles. The molecule has 0 spiro atoms. The van der Waals surface area contributed by atoms with Crippen molar-refractivity contribution < 1.29 is 9.59 Å². The third-order valence-electron chi connectivity index (χ3n) is 5.13. The lowest BCUT2D eigenvalue weighted by atomic mass is 10.0. The Hall–Kier alpha value is -3.54. The van der Waals surface area contributed by atoms with Crippen LogP contribution in [0.1, 0.15) is 25.0 Å². The second-order valence-electron chi connectivity index (χ2n) is 7.81. The fourth-order valence-electron chi connectivity index (χ4n) is 3.80. The Morgan fingerprint density at radius 3 is 2.37 bits per heavy atom. The van der Waals surface area contributed by atoms with Gasteiger partial charge < -0.3 is 15.2 Å². The minimum atomic E-state index is -0.260. The molecule has 6 nitrogen and oxygen atoms in total. The van der Waals surface area contributed by atoms with Crippen molar-refractivity contribution in [3.8, 4) is 0 Å². The summed E-state index contributed by atoms with van der Waals surface area (Å²) in [5.41, 5.74) is 4.60. The monoisotopic (exact) mass is 402 g/mol. The van der Waals surface area contributed by atoms with Crippen molar-refractivity contribution in [1.29, 1.82) is 0 Å². The third kappa shape index (κ3) is 4.22. The van der Waals surface area contributed by atoms with Gasteiger partial charge in [-0.15, -0.1) is 0 Å². The molecule has 2 N–H and O–H groups in total. The molecule has 1 aliphatic rings. The summed E-state index contributed by atoms with van der Waals surface area (Å²) in [7, 11) is 0. The SMILES string of the molecule is CC(C)NC(=O)Nc1ccc2c(c1)N(C(=O)Cn1cccc1)c1ccccc1CC2. The van der Waals surface area contributed by atoms with Crippen molar-refractivity contribution in [2.75, 3.05) is 10.2 Å². The van der Waals surface area contributed by atoms with E-state index < -0.39 is 0 Å². The number of nitrogens with zero attached hydrogens (tertiary/aromatic N) is 2. The lowest BCUT2D eigenvalue weighted by Crippen LogP contribution is -2.34. The molecule has 3 aromatic rings. The van der Waals surface area contributed by atoms with Crippen LogP contribution in [0.25, 0.3) is 0 Å². The highest BCUT2D eigenvalue weighted by Crippen LogP contribution is 2.37. The molecule has 1 aliphatic heterocycles. The fourth-order valence-corrected chi connectivity index (χ4v) is 3.80. The molecule has 0 aliphatic carbocycles. The lowest BCUT2D eigenvalue weighted by Gasteiger charge is -2.26. The van der Waals surface area contributed by atoms with Crippen LogP contribution in [0.2, 0.25) is 0 Å². The van der Waals surface area contributed by atoms with Crippen molar-refractivity contribution in [3.63, 3.8) is 0 Å². The Labute approximate surface area is 176 Å². The maximum absolute atomic E-state index is 13.4. The van der Waals surface area contributed by atoms with Gasteiger partial charge >= 0.3 is 6.03 Å². The van der Waals surface area contributed by atoms with Crippen LogP contribution in [-0.2, 0) is 24.2 Å². The van der Waals surface area contributed by atoms with Gasteiger partial charge in [-0.1, -0.05) is 24.3 Å². The minimum absolute atomic E-state index is 0.0226. The molecule has 30 heavy (non-hydrogen) atoms. The first-order valence-corrected chi connectivity index (χ1v) is 10.2. The largest absolute Gasteiger partial charge is 0.345 e. The number of urea groups is 1. The van der Waals surface area contributed by atoms with Gasteiger partial charge in [0.05, 0.1) is 11.4 Å². The molecule has 0 fully saturated rings. The molecule has 3 amide bonds. The summed E-state index contributed by atoms with van der Waals surface area (Å²) < 4.78 is 1.87. The van der Waals surface area contributed by atoms with E-state index >= 15 is 0 Å². The maximum Gasteiger partial charge on any atom is 0.319 e. The molecular weight excluding hydrogens is 376 g/mol. The van der Waals surface area contributed by atoms with Gasteiger partial charge in [-0.2, -0.15) is 0 Å². The number of hydrogen-bond acceptors (Lipinski definition) is 2. The lowest BCUT2D eigenvalue weighted by molar-refractivity contribution is -0.118. The highest BCUT2D eigenvalue weighted by atomic mass is 16.2. The van der Waals surface area contributed by atoms with Gasteiger partial charge in [0.15, 0.2) is 0 Å². The van der Waals surface area contributed by atoms with Crippen LogP contribution in [0.4, 0.5) is 21.9 Å². The van der Waals surface area contributed by atoms with Crippen LogP contribution in [0, 0.1) is 0 Å². The van der Waals surface area contributed by atoms with Crippen molar-refractivity contribution in [3.05, 3.63) is 78.1 Å². The molecular formula is C24H26N4O2. The van der Waals surface area contributed by atoms with Crippen LogP contribution in [0.15, 0.2) is 67.0 Å². The zero-order valence-electron chi connectivity index (χ0n) is 17.3. The Bertz CT molecular complexity index is 1060. The Morgan fingerprint density at radius 2 is 1.63 bits per heavy atom. The number of hydrogen-bond donors (Lipinski definition) is 2. The van der Waals surface area contributed by atoms with Gasteiger partial charge in [0.1, 0.15) is 6.54 Å². The summed E-state index contributed by atoms with van der Waals surface area (Å²) in [5, 5.41) is 5.71. The first-order valence-electron chi connectivity index (χ1n) is 10.2. The Morgan fingerprint density at radius 1 is 0.933 bits per heavy atom. The molecule has 1 aromatic heterocycles.